The Labute approximate surface area is 99.8 Å². The van der Waals surface area contributed by atoms with E-state index in [2.05, 4.69) is 64.5 Å². The maximum absolute atomic E-state index is 3.75. The number of benzene rings is 1. The lowest BCUT2D eigenvalue weighted by Gasteiger charge is -2.12. The van der Waals surface area contributed by atoms with Gasteiger partial charge in [0.05, 0.1) is 0 Å². The van der Waals surface area contributed by atoms with Gasteiger partial charge in [-0.1, -0.05) is 70.1 Å². The molecule has 2 rings (SSSR count). The molecule has 1 atom stereocenters. The molecule has 0 spiro atoms. The van der Waals surface area contributed by atoms with E-state index in [0.717, 1.165) is 6.42 Å². The van der Waals surface area contributed by atoms with Crippen LogP contribution < -0.4 is 0 Å². The van der Waals surface area contributed by atoms with Crippen molar-refractivity contribution in [2.24, 2.45) is 0 Å². The summed E-state index contributed by atoms with van der Waals surface area (Å²) in [5.74, 6) is 0. The molecule has 0 saturated heterocycles. The Morgan fingerprint density at radius 1 is 1.13 bits per heavy atom. The van der Waals surface area contributed by atoms with E-state index >= 15 is 0 Å². The van der Waals surface area contributed by atoms with Gasteiger partial charge in [-0.2, -0.15) is 0 Å². The topological polar surface area (TPSA) is 0 Å². The zero-order chi connectivity index (χ0) is 10.5. The van der Waals surface area contributed by atoms with E-state index in [1.807, 2.05) is 0 Å². The summed E-state index contributed by atoms with van der Waals surface area (Å²) in [5.41, 5.74) is 2.81. The van der Waals surface area contributed by atoms with Gasteiger partial charge < -0.3 is 0 Å². The molecule has 0 N–H and O–H groups in total. The van der Waals surface area contributed by atoms with E-state index < -0.39 is 0 Å². The van der Waals surface area contributed by atoms with Crippen molar-refractivity contribution in [3.8, 4) is 0 Å². The van der Waals surface area contributed by atoms with Crippen LogP contribution in [0, 0.1) is 0 Å². The Balaban J connectivity index is 2.01. The second-order valence-electron chi connectivity index (χ2n) is 3.84. The minimum atomic E-state index is 0.438. The predicted molar refractivity (Wildman–Crippen MR) is 69.2 cm³/mol. The zero-order valence-corrected chi connectivity index (χ0v) is 10.3. The Hall–Kier alpha value is -0.820. The Kier molecular flexibility index (Phi) is 3.79. The molecule has 0 heterocycles. The van der Waals surface area contributed by atoms with Gasteiger partial charge in [0.1, 0.15) is 0 Å². The Morgan fingerprint density at radius 2 is 1.93 bits per heavy atom. The highest BCUT2D eigenvalue weighted by atomic mass is 79.9. The molecule has 0 bridgehead atoms. The number of allylic oxidation sites excluding steroid dienone is 4. The van der Waals surface area contributed by atoms with Crippen LogP contribution in [0.4, 0.5) is 0 Å². The van der Waals surface area contributed by atoms with Crippen molar-refractivity contribution in [2.45, 2.75) is 24.1 Å². The molecule has 78 valence electrons. The fourth-order valence-electron chi connectivity index (χ4n) is 1.81. The van der Waals surface area contributed by atoms with Crippen LogP contribution in [0.2, 0.25) is 0 Å². The standard InChI is InChI=1S/C14H15Br/c15-14(13-9-5-2-6-10-13)11-12-7-3-1-4-8-12/h2-3,5-10,14H,1,4,11H2. The SMILES string of the molecule is BrC(CC1=CCCC=C1)c1ccccc1. The molecule has 1 aromatic carbocycles. The number of halogens is 1. The van der Waals surface area contributed by atoms with E-state index in [1.54, 1.807) is 0 Å². The van der Waals surface area contributed by atoms with Crippen molar-refractivity contribution in [3.05, 3.63) is 59.7 Å². The van der Waals surface area contributed by atoms with Crippen LogP contribution in [0.15, 0.2) is 54.1 Å². The highest BCUT2D eigenvalue weighted by Crippen LogP contribution is 2.31. The molecule has 15 heavy (non-hydrogen) atoms. The molecule has 0 radical (unpaired) electrons. The molecule has 1 unspecified atom stereocenters. The van der Waals surface area contributed by atoms with Gasteiger partial charge in [0.2, 0.25) is 0 Å². The Bertz CT molecular complexity index is 362. The lowest BCUT2D eigenvalue weighted by molar-refractivity contribution is 0.913. The summed E-state index contributed by atoms with van der Waals surface area (Å²) in [6.07, 6.45) is 10.3. The second kappa shape index (κ2) is 5.32. The molecule has 1 aliphatic carbocycles. The van der Waals surface area contributed by atoms with E-state index in [-0.39, 0.29) is 0 Å². The third-order valence-corrected chi connectivity index (χ3v) is 3.50. The molecule has 0 aromatic heterocycles. The van der Waals surface area contributed by atoms with Gasteiger partial charge >= 0.3 is 0 Å². The first-order valence-corrected chi connectivity index (χ1v) is 6.32. The molecule has 0 aliphatic heterocycles. The number of alkyl halides is 1. The molecule has 0 amide bonds. The number of hydrogen-bond acceptors (Lipinski definition) is 0. The molecule has 1 heteroatoms. The highest BCUT2D eigenvalue weighted by Gasteiger charge is 2.08. The first-order valence-electron chi connectivity index (χ1n) is 5.41. The molecule has 1 aromatic rings. The van der Waals surface area contributed by atoms with Gasteiger partial charge in [-0.05, 0) is 24.8 Å². The van der Waals surface area contributed by atoms with E-state index in [4.69, 9.17) is 0 Å². The molecular weight excluding hydrogens is 248 g/mol. The lowest BCUT2D eigenvalue weighted by Crippen LogP contribution is -1.93. The minimum absolute atomic E-state index is 0.438. The van der Waals surface area contributed by atoms with Gasteiger partial charge in [-0.3, -0.25) is 0 Å². The van der Waals surface area contributed by atoms with Crippen LogP contribution >= 0.6 is 15.9 Å². The second-order valence-corrected chi connectivity index (χ2v) is 4.95. The maximum atomic E-state index is 3.75. The van der Waals surface area contributed by atoms with Gasteiger partial charge in [0.15, 0.2) is 0 Å². The lowest BCUT2D eigenvalue weighted by atomic mass is 10.00. The molecular formula is C14H15Br. The average Bonchev–Trinajstić information content (AvgIpc) is 2.31. The molecule has 0 fully saturated rings. The van der Waals surface area contributed by atoms with Gasteiger partial charge in [0.25, 0.3) is 0 Å². The van der Waals surface area contributed by atoms with Gasteiger partial charge in [-0.15, -0.1) is 0 Å². The molecule has 0 nitrogen and oxygen atoms in total. The molecule has 0 saturated carbocycles. The van der Waals surface area contributed by atoms with Crippen LogP contribution in [0.5, 0.6) is 0 Å². The maximum Gasteiger partial charge on any atom is 0.0435 e. The zero-order valence-electron chi connectivity index (χ0n) is 8.70. The summed E-state index contributed by atoms with van der Waals surface area (Å²) < 4.78 is 0. The molecule has 1 aliphatic rings. The van der Waals surface area contributed by atoms with E-state index in [0.29, 0.717) is 4.83 Å². The van der Waals surface area contributed by atoms with Crippen molar-refractivity contribution in [2.75, 3.05) is 0 Å². The highest BCUT2D eigenvalue weighted by molar-refractivity contribution is 9.09. The van der Waals surface area contributed by atoms with Gasteiger partial charge in [0, 0.05) is 4.83 Å². The van der Waals surface area contributed by atoms with E-state index in [9.17, 15) is 0 Å². The fraction of sp³-hybridized carbons (Fsp3) is 0.286. The summed E-state index contributed by atoms with van der Waals surface area (Å²) in [7, 11) is 0. The summed E-state index contributed by atoms with van der Waals surface area (Å²) in [6.45, 7) is 0. The summed E-state index contributed by atoms with van der Waals surface area (Å²) in [4.78, 5) is 0.438. The smallest absolute Gasteiger partial charge is 0.0435 e. The van der Waals surface area contributed by atoms with Crippen LogP contribution in [0.3, 0.4) is 0 Å². The first kappa shape index (κ1) is 10.7. The third kappa shape index (κ3) is 3.07. The van der Waals surface area contributed by atoms with E-state index in [1.165, 1.54) is 24.0 Å². The summed E-state index contributed by atoms with van der Waals surface area (Å²) >= 11 is 3.75. The van der Waals surface area contributed by atoms with Crippen molar-refractivity contribution >= 4 is 15.9 Å². The summed E-state index contributed by atoms with van der Waals surface area (Å²) in [6, 6.07) is 10.6. The van der Waals surface area contributed by atoms with Crippen LogP contribution in [0.25, 0.3) is 0 Å². The van der Waals surface area contributed by atoms with Crippen molar-refractivity contribution < 1.29 is 0 Å². The average molecular weight is 263 g/mol. The largest absolute Gasteiger partial charge is 0.0840 e. The van der Waals surface area contributed by atoms with Crippen molar-refractivity contribution in [1.29, 1.82) is 0 Å². The predicted octanol–water partition coefficient (Wildman–Crippen LogP) is 4.79. The Morgan fingerprint density at radius 3 is 2.60 bits per heavy atom. The first-order chi connectivity index (χ1) is 7.36. The van der Waals surface area contributed by atoms with Crippen LogP contribution in [0.1, 0.15) is 29.7 Å². The van der Waals surface area contributed by atoms with Crippen molar-refractivity contribution in [1.82, 2.24) is 0 Å². The third-order valence-electron chi connectivity index (χ3n) is 2.65. The monoisotopic (exact) mass is 262 g/mol. The minimum Gasteiger partial charge on any atom is -0.0840 e. The quantitative estimate of drug-likeness (QED) is 0.688. The number of rotatable bonds is 3. The fourth-order valence-corrected chi connectivity index (χ4v) is 2.48. The van der Waals surface area contributed by atoms with Crippen molar-refractivity contribution in [3.63, 3.8) is 0 Å². The van der Waals surface area contributed by atoms with Crippen LogP contribution in [-0.4, -0.2) is 0 Å². The van der Waals surface area contributed by atoms with Crippen LogP contribution in [-0.2, 0) is 0 Å². The summed E-state index contributed by atoms with van der Waals surface area (Å²) in [5, 5.41) is 0. The number of hydrogen-bond donors (Lipinski definition) is 0. The van der Waals surface area contributed by atoms with Gasteiger partial charge in [-0.25, -0.2) is 0 Å². The normalized spacial score (nSPS) is 17.3.